The lowest BCUT2D eigenvalue weighted by Gasteiger charge is -2.15. The van der Waals surface area contributed by atoms with Gasteiger partial charge in [-0.15, -0.1) is 0 Å². The van der Waals surface area contributed by atoms with Crippen molar-refractivity contribution in [1.82, 2.24) is 14.6 Å². The Kier molecular flexibility index (Phi) is 4.32. The Hall–Kier alpha value is -2.57. The van der Waals surface area contributed by atoms with Crippen LogP contribution < -0.4 is 5.32 Å². The molecule has 7 heteroatoms. The van der Waals surface area contributed by atoms with Gasteiger partial charge >= 0.3 is 6.18 Å². The molecule has 0 unspecified atom stereocenters. The molecule has 1 aromatic carbocycles. The minimum atomic E-state index is -4.56. The molecule has 3 aromatic rings. The molecular weight excluding hydrogens is 353 g/mol. The van der Waals surface area contributed by atoms with E-state index in [1.807, 2.05) is 6.92 Å². The highest BCUT2D eigenvalue weighted by atomic mass is 19.4. The molecular formula is C20H21F3N4. The Morgan fingerprint density at radius 1 is 1.07 bits per heavy atom. The smallest absolute Gasteiger partial charge is 0.367 e. The van der Waals surface area contributed by atoms with Crippen molar-refractivity contribution in [2.75, 3.05) is 5.32 Å². The van der Waals surface area contributed by atoms with Crippen molar-refractivity contribution < 1.29 is 13.2 Å². The van der Waals surface area contributed by atoms with Crippen molar-refractivity contribution in [3.05, 3.63) is 47.3 Å². The zero-order valence-electron chi connectivity index (χ0n) is 15.3. The summed E-state index contributed by atoms with van der Waals surface area (Å²) in [5.41, 5.74) is 1.46. The Labute approximate surface area is 155 Å². The normalized spacial score (nSPS) is 15.6. The van der Waals surface area contributed by atoms with E-state index in [4.69, 9.17) is 0 Å². The maximum absolute atomic E-state index is 13.8. The summed E-state index contributed by atoms with van der Waals surface area (Å²) in [6.07, 6.45) is -0.270. The maximum Gasteiger partial charge on any atom is 0.435 e. The topological polar surface area (TPSA) is 42.2 Å². The lowest BCUT2D eigenvalue weighted by molar-refractivity contribution is -0.140. The number of aromatic nitrogens is 3. The minimum absolute atomic E-state index is 0.0284. The number of nitrogens with one attached hydrogen (secondary N) is 1. The van der Waals surface area contributed by atoms with Crippen LogP contribution in [-0.4, -0.2) is 20.6 Å². The van der Waals surface area contributed by atoms with Gasteiger partial charge in [-0.05, 0) is 32.3 Å². The van der Waals surface area contributed by atoms with E-state index >= 15 is 0 Å². The molecule has 2 heterocycles. The fourth-order valence-electron chi connectivity index (χ4n) is 3.71. The lowest BCUT2D eigenvalue weighted by atomic mass is 10.0. The van der Waals surface area contributed by atoms with Gasteiger partial charge in [0.2, 0.25) is 0 Å². The fraction of sp³-hybridized carbons (Fsp3) is 0.400. The van der Waals surface area contributed by atoms with Crippen molar-refractivity contribution in [3.63, 3.8) is 0 Å². The first-order valence-corrected chi connectivity index (χ1v) is 9.14. The molecule has 0 bridgehead atoms. The van der Waals surface area contributed by atoms with E-state index in [-0.39, 0.29) is 17.3 Å². The number of halogens is 3. The van der Waals surface area contributed by atoms with Crippen LogP contribution >= 0.6 is 0 Å². The van der Waals surface area contributed by atoms with Gasteiger partial charge in [0.25, 0.3) is 0 Å². The molecule has 1 aliphatic rings. The van der Waals surface area contributed by atoms with Crippen LogP contribution in [0.4, 0.5) is 19.0 Å². The number of anilines is 1. The van der Waals surface area contributed by atoms with Gasteiger partial charge in [0.15, 0.2) is 11.3 Å². The van der Waals surface area contributed by atoms with Gasteiger partial charge in [-0.1, -0.05) is 42.7 Å². The molecule has 4 rings (SSSR count). The SMILES string of the molecule is Cc1ccc(-c2c(C(F)(F)F)nn3c(NC4CCCC4)cc(C)nc23)cc1. The van der Waals surface area contributed by atoms with Gasteiger partial charge in [0.05, 0.1) is 5.56 Å². The molecule has 142 valence electrons. The van der Waals surface area contributed by atoms with E-state index < -0.39 is 11.9 Å². The zero-order valence-corrected chi connectivity index (χ0v) is 15.3. The van der Waals surface area contributed by atoms with E-state index in [0.29, 0.717) is 17.1 Å². The van der Waals surface area contributed by atoms with E-state index in [2.05, 4.69) is 15.4 Å². The van der Waals surface area contributed by atoms with Crippen molar-refractivity contribution in [2.45, 2.75) is 51.7 Å². The van der Waals surface area contributed by atoms with Gasteiger partial charge in [-0.3, -0.25) is 0 Å². The molecule has 1 saturated carbocycles. The summed E-state index contributed by atoms with van der Waals surface area (Å²) >= 11 is 0. The molecule has 0 amide bonds. The standard InChI is InChI=1S/C20H21F3N4/c1-12-7-9-14(10-8-12)17-18(20(21,22)23)26-27-16(11-13(2)24-19(17)27)25-15-5-3-4-6-15/h7-11,15,25H,3-6H2,1-2H3. The Morgan fingerprint density at radius 3 is 2.37 bits per heavy atom. The largest absolute Gasteiger partial charge is 0.435 e. The number of benzene rings is 1. The minimum Gasteiger partial charge on any atom is -0.367 e. The third-order valence-electron chi connectivity index (χ3n) is 5.03. The third kappa shape index (κ3) is 3.38. The van der Waals surface area contributed by atoms with Crippen molar-refractivity contribution in [1.29, 1.82) is 0 Å². The number of fused-ring (bicyclic) bond motifs is 1. The second-order valence-electron chi connectivity index (χ2n) is 7.23. The molecule has 4 nitrogen and oxygen atoms in total. The first-order chi connectivity index (χ1) is 12.8. The quantitative estimate of drug-likeness (QED) is 0.669. The summed E-state index contributed by atoms with van der Waals surface area (Å²) in [6, 6.07) is 9.00. The fourth-order valence-corrected chi connectivity index (χ4v) is 3.71. The van der Waals surface area contributed by atoms with E-state index in [9.17, 15) is 13.2 Å². The molecule has 0 saturated heterocycles. The van der Waals surface area contributed by atoms with Crippen LogP contribution in [0.3, 0.4) is 0 Å². The predicted octanol–water partition coefficient (Wildman–Crippen LogP) is 5.39. The van der Waals surface area contributed by atoms with Gasteiger partial charge in [-0.25, -0.2) is 4.98 Å². The first-order valence-electron chi connectivity index (χ1n) is 9.14. The number of alkyl halides is 3. The summed E-state index contributed by atoms with van der Waals surface area (Å²) in [6.45, 7) is 3.69. The van der Waals surface area contributed by atoms with Crippen molar-refractivity contribution in [3.8, 4) is 11.1 Å². The molecule has 0 aliphatic heterocycles. The Morgan fingerprint density at radius 2 is 1.74 bits per heavy atom. The van der Waals surface area contributed by atoms with Crippen LogP contribution in [0.1, 0.15) is 42.6 Å². The summed E-state index contributed by atoms with van der Waals surface area (Å²) in [4.78, 5) is 4.40. The van der Waals surface area contributed by atoms with Crippen LogP contribution in [0.2, 0.25) is 0 Å². The van der Waals surface area contributed by atoms with Crippen molar-refractivity contribution >= 4 is 11.5 Å². The third-order valence-corrected chi connectivity index (χ3v) is 5.03. The van der Waals surface area contributed by atoms with E-state index in [1.54, 1.807) is 37.3 Å². The highest BCUT2D eigenvalue weighted by Crippen LogP contribution is 2.39. The summed E-state index contributed by atoms with van der Waals surface area (Å²) in [5, 5.41) is 7.30. The Bertz CT molecular complexity index is 968. The first kappa shape index (κ1) is 17.8. The molecule has 1 fully saturated rings. The van der Waals surface area contributed by atoms with Crippen LogP contribution in [0.25, 0.3) is 16.8 Å². The van der Waals surface area contributed by atoms with Crippen molar-refractivity contribution in [2.24, 2.45) is 0 Å². The van der Waals surface area contributed by atoms with Gasteiger partial charge in [0.1, 0.15) is 5.82 Å². The highest BCUT2D eigenvalue weighted by molar-refractivity contribution is 5.81. The summed E-state index contributed by atoms with van der Waals surface area (Å²) < 4.78 is 42.6. The molecule has 0 atom stereocenters. The van der Waals surface area contributed by atoms with E-state index in [0.717, 1.165) is 31.2 Å². The number of aryl methyl sites for hydroxylation is 2. The highest BCUT2D eigenvalue weighted by Gasteiger charge is 2.39. The Balaban J connectivity index is 1.94. The summed E-state index contributed by atoms with van der Waals surface area (Å²) in [7, 11) is 0. The van der Waals surface area contributed by atoms with E-state index in [1.165, 1.54) is 4.52 Å². The van der Waals surface area contributed by atoms with Crippen LogP contribution in [-0.2, 0) is 6.18 Å². The van der Waals surface area contributed by atoms with Crippen LogP contribution in [0.15, 0.2) is 30.3 Å². The van der Waals surface area contributed by atoms with Crippen LogP contribution in [0, 0.1) is 13.8 Å². The number of nitrogens with zero attached hydrogens (tertiary/aromatic N) is 3. The van der Waals surface area contributed by atoms with Gasteiger partial charge < -0.3 is 5.32 Å². The second-order valence-corrected chi connectivity index (χ2v) is 7.23. The number of hydrogen-bond donors (Lipinski definition) is 1. The van der Waals surface area contributed by atoms with Crippen LogP contribution in [0.5, 0.6) is 0 Å². The zero-order chi connectivity index (χ0) is 19.2. The lowest BCUT2D eigenvalue weighted by Crippen LogP contribution is -2.18. The summed E-state index contributed by atoms with van der Waals surface area (Å²) in [5.74, 6) is 0.563. The van der Waals surface area contributed by atoms with Gasteiger partial charge in [-0.2, -0.15) is 22.8 Å². The average molecular weight is 374 g/mol. The second kappa shape index (κ2) is 6.55. The molecule has 0 spiro atoms. The van der Waals surface area contributed by atoms with Gasteiger partial charge in [0, 0.05) is 17.8 Å². The molecule has 1 aliphatic carbocycles. The molecule has 2 aromatic heterocycles. The average Bonchev–Trinajstić information content (AvgIpc) is 3.23. The molecule has 27 heavy (non-hydrogen) atoms. The number of rotatable bonds is 3. The molecule has 0 radical (unpaired) electrons. The number of hydrogen-bond acceptors (Lipinski definition) is 3. The monoisotopic (exact) mass is 374 g/mol. The molecule has 1 N–H and O–H groups in total. The predicted molar refractivity (Wildman–Crippen MR) is 98.8 cm³/mol. The maximum atomic E-state index is 13.8.